The summed E-state index contributed by atoms with van der Waals surface area (Å²) in [7, 11) is 0. The molecular formula is C16H18ClN3O2. The molecule has 2 atom stereocenters. The molecule has 1 amide bonds. The molecule has 4 N–H and O–H groups in total. The number of nitrogens with two attached hydrogens (primary N) is 1. The van der Waals surface area contributed by atoms with Crippen LogP contribution in [0.4, 0.5) is 5.82 Å². The molecule has 1 heterocycles. The van der Waals surface area contributed by atoms with Crippen LogP contribution in [0.25, 0.3) is 0 Å². The first-order valence-electron chi connectivity index (χ1n) is 6.91. The number of amides is 1. The van der Waals surface area contributed by atoms with Crippen molar-refractivity contribution in [3.8, 4) is 0 Å². The SMILES string of the molecule is CC(Nc1ncc(C(N)=O)cc1Cl)C(O)Cc1ccccc1. The van der Waals surface area contributed by atoms with E-state index in [-0.39, 0.29) is 16.6 Å². The van der Waals surface area contributed by atoms with Gasteiger partial charge in [0, 0.05) is 12.6 Å². The van der Waals surface area contributed by atoms with Gasteiger partial charge in [0.2, 0.25) is 5.91 Å². The first-order valence-corrected chi connectivity index (χ1v) is 7.29. The van der Waals surface area contributed by atoms with Crippen LogP contribution in [0.15, 0.2) is 42.6 Å². The van der Waals surface area contributed by atoms with Crippen LogP contribution in [-0.4, -0.2) is 28.1 Å². The van der Waals surface area contributed by atoms with Crippen molar-refractivity contribution in [2.45, 2.75) is 25.5 Å². The fourth-order valence-electron chi connectivity index (χ4n) is 2.02. The molecule has 1 aromatic heterocycles. The van der Waals surface area contributed by atoms with Crippen LogP contribution in [0.5, 0.6) is 0 Å². The molecule has 0 aliphatic rings. The number of carbonyl (C=O) groups excluding carboxylic acids is 1. The largest absolute Gasteiger partial charge is 0.391 e. The second-order valence-corrected chi connectivity index (χ2v) is 5.52. The quantitative estimate of drug-likeness (QED) is 0.762. The van der Waals surface area contributed by atoms with Gasteiger partial charge in [-0.05, 0) is 18.6 Å². The number of hydrogen-bond acceptors (Lipinski definition) is 4. The lowest BCUT2D eigenvalue weighted by atomic mass is 10.0. The molecule has 1 aromatic carbocycles. The Morgan fingerprint density at radius 2 is 2.09 bits per heavy atom. The van der Waals surface area contributed by atoms with Gasteiger partial charge in [0.1, 0.15) is 5.82 Å². The maximum atomic E-state index is 11.1. The predicted molar refractivity (Wildman–Crippen MR) is 87.0 cm³/mol. The van der Waals surface area contributed by atoms with Crippen LogP contribution in [0.3, 0.4) is 0 Å². The molecule has 5 nitrogen and oxygen atoms in total. The number of benzene rings is 1. The molecular weight excluding hydrogens is 302 g/mol. The summed E-state index contributed by atoms with van der Waals surface area (Å²) in [6, 6.07) is 10.9. The molecule has 0 fully saturated rings. The van der Waals surface area contributed by atoms with Crippen molar-refractivity contribution >= 4 is 23.3 Å². The number of carbonyl (C=O) groups is 1. The highest BCUT2D eigenvalue weighted by Gasteiger charge is 2.17. The zero-order valence-corrected chi connectivity index (χ0v) is 12.9. The van der Waals surface area contributed by atoms with E-state index in [1.165, 1.54) is 12.3 Å². The Bertz CT molecular complexity index is 649. The van der Waals surface area contributed by atoms with Crippen LogP contribution < -0.4 is 11.1 Å². The van der Waals surface area contributed by atoms with E-state index >= 15 is 0 Å². The summed E-state index contributed by atoms with van der Waals surface area (Å²) in [5.74, 6) is -0.176. The smallest absolute Gasteiger partial charge is 0.250 e. The lowest BCUT2D eigenvalue weighted by molar-refractivity contribution is 0.1000. The van der Waals surface area contributed by atoms with Gasteiger partial charge in [-0.2, -0.15) is 0 Å². The van der Waals surface area contributed by atoms with E-state index in [1.54, 1.807) is 0 Å². The van der Waals surface area contributed by atoms with Gasteiger partial charge in [-0.15, -0.1) is 0 Å². The van der Waals surface area contributed by atoms with E-state index in [1.807, 2.05) is 37.3 Å². The number of anilines is 1. The number of hydrogen-bond donors (Lipinski definition) is 3. The summed E-state index contributed by atoms with van der Waals surface area (Å²) in [6.07, 6.45) is 1.27. The fourth-order valence-corrected chi connectivity index (χ4v) is 2.24. The number of nitrogens with zero attached hydrogens (tertiary/aromatic N) is 1. The van der Waals surface area contributed by atoms with Gasteiger partial charge in [0.05, 0.1) is 22.7 Å². The number of pyridine rings is 1. The summed E-state index contributed by atoms with van der Waals surface area (Å²) >= 11 is 6.07. The molecule has 0 bridgehead atoms. The molecule has 2 unspecified atom stereocenters. The molecule has 6 heteroatoms. The summed E-state index contributed by atoms with van der Waals surface area (Å²) in [6.45, 7) is 1.84. The number of aromatic nitrogens is 1. The Kier molecular flexibility index (Phi) is 5.35. The lowest BCUT2D eigenvalue weighted by Gasteiger charge is -2.21. The normalized spacial score (nSPS) is 13.4. The van der Waals surface area contributed by atoms with Crippen molar-refractivity contribution in [2.24, 2.45) is 5.73 Å². The van der Waals surface area contributed by atoms with Crippen molar-refractivity contribution in [3.63, 3.8) is 0 Å². The minimum absolute atomic E-state index is 0.244. The molecule has 0 spiro atoms. The van der Waals surface area contributed by atoms with Crippen LogP contribution in [-0.2, 0) is 6.42 Å². The molecule has 22 heavy (non-hydrogen) atoms. The van der Waals surface area contributed by atoms with E-state index in [2.05, 4.69) is 10.3 Å². The van der Waals surface area contributed by atoms with Gasteiger partial charge in [-0.25, -0.2) is 4.98 Å². The van der Waals surface area contributed by atoms with Crippen LogP contribution >= 0.6 is 11.6 Å². The standard InChI is InChI=1S/C16H18ClN3O2/c1-10(14(21)7-11-5-3-2-4-6-11)20-16-13(17)8-12(9-19-16)15(18)22/h2-6,8-10,14,21H,7H2,1H3,(H2,18,22)(H,19,20). The van der Waals surface area contributed by atoms with Gasteiger partial charge in [0.25, 0.3) is 0 Å². The molecule has 0 saturated carbocycles. The predicted octanol–water partition coefficient (Wildman–Crippen LogP) is 2.24. The molecule has 0 aliphatic heterocycles. The molecule has 0 radical (unpaired) electrons. The topological polar surface area (TPSA) is 88.2 Å². The molecule has 2 aromatic rings. The third-order valence-corrected chi connectivity index (χ3v) is 3.64. The Labute approximate surface area is 134 Å². The number of primary amides is 1. The van der Waals surface area contributed by atoms with Crippen LogP contribution in [0, 0.1) is 0 Å². The van der Waals surface area contributed by atoms with E-state index in [0.29, 0.717) is 12.2 Å². The van der Waals surface area contributed by atoms with Crippen LogP contribution in [0.2, 0.25) is 5.02 Å². The van der Waals surface area contributed by atoms with Crippen molar-refractivity contribution in [1.82, 2.24) is 4.98 Å². The Balaban J connectivity index is 2.02. The Morgan fingerprint density at radius 3 is 2.68 bits per heavy atom. The average molecular weight is 320 g/mol. The van der Waals surface area contributed by atoms with Crippen molar-refractivity contribution < 1.29 is 9.90 Å². The maximum Gasteiger partial charge on any atom is 0.250 e. The maximum absolute atomic E-state index is 11.1. The number of nitrogens with one attached hydrogen (secondary N) is 1. The van der Waals surface area contributed by atoms with Gasteiger partial charge in [0.15, 0.2) is 0 Å². The third-order valence-electron chi connectivity index (χ3n) is 3.35. The van der Waals surface area contributed by atoms with Gasteiger partial charge in [-0.1, -0.05) is 41.9 Å². The average Bonchev–Trinajstić information content (AvgIpc) is 2.50. The fraction of sp³-hybridized carbons (Fsp3) is 0.250. The van der Waals surface area contributed by atoms with E-state index in [4.69, 9.17) is 17.3 Å². The molecule has 116 valence electrons. The monoisotopic (exact) mass is 319 g/mol. The van der Waals surface area contributed by atoms with Gasteiger partial charge < -0.3 is 16.2 Å². The molecule has 2 rings (SSSR count). The van der Waals surface area contributed by atoms with E-state index < -0.39 is 12.0 Å². The zero-order valence-electron chi connectivity index (χ0n) is 12.2. The van der Waals surface area contributed by atoms with Crippen LogP contribution in [0.1, 0.15) is 22.8 Å². The highest BCUT2D eigenvalue weighted by atomic mass is 35.5. The first kappa shape index (κ1) is 16.3. The van der Waals surface area contributed by atoms with Gasteiger partial charge in [-0.3, -0.25) is 4.79 Å². The second-order valence-electron chi connectivity index (χ2n) is 5.11. The van der Waals surface area contributed by atoms with Crippen molar-refractivity contribution in [1.29, 1.82) is 0 Å². The second kappa shape index (κ2) is 7.24. The molecule has 0 aliphatic carbocycles. The minimum Gasteiger partial charge on any atom is -0.391 e. The summed E-state index contributed by atoms with van der Waals surface area (Å²) < 4.78 is 0. The minimum atomic E-state index is -0.601. The Hall–Kier alpha value is -2.11. The number of aliphatic hydroxyl groups excluding tert-OH is 1. The molecule has 0 saturated heterocycles. The lowest BCUT2D eigenvalue weighted by Crippen LogP contribution is -2.32. The van der Waals surface area contributed by atoms with Crippen molar-refractivity contribution in [2.75, 3.05) is 5.32 Å². The first-order chi connectivity index (χ1) is 10.5. The highest BCUT2D eigenvalue weighted by Crippen LogP contribution is 2.21. The summed E-state index contributed by atoms with van der Waals surface area (Å²) in [4.78, 5) is 15.1. The number of halogens is 1. The van der Waals surface area contributed by atoms with E-state index in [0.717, 1.165) is 5.56 Å². The van der Waals surface area contributed by atoms with Crippen molar-refractivity contribution in [3.05, 3.63) is 58.7 Å². The third kappa shape index (κ3) is 4.19. The zero-order chi connectivity index (χ0) is 16.1. The summed E-state index contributed by atoms with van der Waals surface area (Å²) in [5, 5.41) is 13.6. The van der Waals surface area contributed by atoms with Gasteiger partial charge >= 0.3 is 0 Å². The number of rotatable bonds is 6. The Morgan fingerprint density at radius 1 is 1.41 bits per heavy atom. The summed E-state index contributed by atoms with van der Waals surface area (Å²) in [5.41, 5.74) is 6.46. The highest BCUT2D eigenvalue weighted by molar-refractivity contribution is 6.33. The number of aliphatic hydroxyl groups is 1. The van der Waals surface area contributed by atoms with E-state index in [9.17, 15) is 9.90 Å².